The number of rotatable bonds is 4. The van der Waals surface area contributed by atoms with Crippen LogP contribution in [-0.2, 0) is 13.0 Å². The van der Waals surface area contributed by atoms with Gasteiger partial charge in [-0.1, -0.05) is 18.5 Å². The second kappa shape index (κ2) is 6.04. The topological polar surface area (TPSA) is 68.0 Å². The van der Waals surface area contributed by atoms with E-state index >= 15 is 0 Å². The van der Waals surface area contributed by atoms with Crippen molar-refractivity contribution in [1.29, 1.82) is 0 Å². The Labute approximate surface area is 120 Å². The molecule has 1 heterocycles. The highest BCUT2D eigenvalue weighted by Crippen LogP contribution is 2.18. The molecule has 0 aliphatic rings. The van der Waals surface area contributed by atoms with Gasteiger partial charge in [-0.05, 0) is 24.6 Å². The zero-order valence-electron chi connectivity index (χ0n) is 10.4. The van der Waals surface area contributed by atoms with E-state index in [0.717, 1.165) is 11.4 Å². The number of benzene rings is 1. The van der Waals surface area contributed by atoms with Crippen LogP contribution in [0.3, 0.4) is 0 Å². The number of amides is 1. The predicted molar refractivity (Wildman–Crippen MR) is 78.5 cm³/mol. The molecule has 0 aliphatic carbocycles. The lowest BCUT2D eigenvalue weighted by Gasteiger charge is -2.06. The van der Waals surface area contributed by atoms with E-state index in [1.807, 2.05) is 6.20 Å². The molecule has 1 amide bonds. The van der Waals surface area contributed by atoms with Crippen LogP contribution in [0.5, 0.6) is 0 Å². The van der Waals surface area contributed by atoms with Crippen molar-refractivity contribution in [2.24, 2.45) is 0 Å². The van der Waals surface area contributed by atoms with Crippen LogP contribution in [-0.4, -0.2) is 10.9 Å². The quantitative estimate of drug-likeness (QED) is 0.852. The molecule has 1 aromatic heterocycles. The van der Waals surface area contributed by atoms with Crippen molar-refractivity contribution in [3.63, 3.8) is 0 Å². The third-order valence-corrected chi connectivity index (χ3v) is 3.99. The molecule has 0 spiro atoms. The molecule has 0 saturated heterocycles. The number of carbonyl (C=O) groups excluding carboxylic acids is 1. The second-order valence-electron chi connectivity index (χ2n) is 3.99. The fourth-order valence-corrected chi connectivity index (χ4v) is 2.54. The molecule has 0 atom stereocenters. The van der Waals surface area contributed by atoms with E-state index in [-0.39, 0.29) is 5.91 Å². The van der Waals surface area contributed by atoms with E-state index < -0.39 is 0 Å². The van der Waals surface area contributed by atoms with Gasteiger partial charge in [0.15, 0.2) is 0 Å². The van der Waals surface area contributed by atoms with E-state index in [0.29, 0.717) is 22.8 Å². The Hall–Kier alpha value is -1.59. The highest BCUT2D eigenvalue weighted by atomic mass is 35.5. The lowest BCUT2D eigenvalue weighted by molar-refractivity contribution is 0.0952. The van der Waals surface area contributed by atoms with Crippen molar-refractivity contribution in [2.75, 3.05) is 5.73 Å². The molecule has 4 nitrogen and oxygen atoms in total. The number of halogens is 1. The number of thiazole rings is 1. The van der Waals surface area contributed by atoms with Gasteiger partial charge in [0.25, 0.3) is 5.91 Å². The first-order valence-corrected chi connectivity index (χ1v) is 7.06. The molecular formula is C13H14ClN3OS. The molecule has 3 N–H and O–H groups in total. The first kappa shape index (κ1) is 13.8. The summed E-state index contributed by atoms with van der Waals surface area (Å²) in [6, 6.07) is 4.84. The predicted octanol–water partition coefficient (Wildman–Crippen LogP) is 2.87. The van der Waals surface area contributed by atoms with Crippen molar-refractivity contribution in [2.45, 2.75) is 19.9 Å². The number of carbonyl (C=O) groups is 1. The average molecular weight is 296 g/mol. The minimum Gasteiger partial charge on any atom is -0.398 e. The van der Waals surface area contributed by atoms with E-state index in [4.69, 9.17) is 17.3 Å². The number of nitrogens with two attached hydrogens (primary N) is 1. The van der Waals surface area contributed by atoms with Crippen molar-refractivity contribution < 1.29 is 4.79 Å². The maximum absolute atomic E-state index is 12.0. The zero-order valence-corrected chi connectivity index (χ0v) is 12.0. The van der Waals surface area contributed by atoms with Crippen LogP contribution in [0.1, 0.15) is 27.2 Å². The molecule has 100 valence electrons. The summed E-state index contributed by atoms with van der Waals surface area (Å²) < 4.78 is 0. The molecule has 0 bridgehead atoms. The molecule has 0 unspecified atom stereocenters. The molecule has 0 saturated carbocycles. The standard InChI is InChI=1S/C13H14ClN3OS/c1-2-9-6-16-12(19-9)7-17-13(18)10-5-8(14)3-4-11(10)15/h3-6H,2,7,15H2,1H3,(H,17,18). The third-order valence-electron chi connectivity index (χ3n) is 2.61. The van der Waals surface area contributed by atoms with Crippen LogP contribution in [0, 0.1) is 0 Å². The van der Waals surface area contributed by atoms with Gasteiger partial charge in [-0.15, -0.1) is 11.3 Å². The third kappa shape index (κ3) is 3.45. The first-order valence-electron chi connectivity index (χ1n) is 5.87. The Morgan fingerprint density at radius 2 is 2.32 bits per heavy atom. The van der Waals surface area contributed by atoms with Gasteiger partial charge in [-0.2, -0.15) is 0 Å². The molecule has 0 aliphatic heterocycles. The summed E-state index contributed by atoms with van der Waals surface area (Å²) in [5, 5.41) is 4.16. The normalized spacial score (nSPS) is 10.4. The molecule has 2 rings (SSSR count). The fourth-order valence-electron chi connectivity index (χ4n) is 1.57. The van der Waals surface area contributed by atoms with Gasteiger partial charge in [0.05, 0.1) is 12.1 Å². The second-order valence-corrected chi connectivity index (χ2v) is 5.62. The Morgan fingerprint density at radius 3 is 3.00 bits per heavy atom. The zero-order chi connectivity index (χ0) is 13.8. The van der Waals surface area contributed by atoms with E-state index in [2.05, 4.69) is 17.2 Å². The number of nitrogens with zero attached hydrogens (tertiary/aromatic N) is 1. The maximum Gasteiger partial charge on any atom is 0.253 e. The fraction of sp³-hybridized carbons (Fsp3) is 0.231. The number of hydrogen-bond donors (Lipinski definition) is 2. The summed E-state index contributed by atoms with van der Waals surface area (Å²) >= 11 is 7.45. The number of nitrogens with one attached hydrogen (secondary N) is 1. The van der Waals surface area contributed by atoms with Crippen molar-refractivity contribution >= 4 is 34.5 Å². The lowest BCUT2D eigenvalue weighted by Crippen LogP contribution is -2.23. The smallest absolute Gasteiger partial charge is 0.253 e. The first-order chi connectivity index (χ1) is 9.10. The van der Waals surface area contributed by atoms with Crippen molar-refractivity contribution in [3.8, 4) is 0 Å². The van der Waals surface area contributed by atoms with E-state index in [9.17, 15) is 4.79 Å². The summed E-state index contributed by atoms with van der Waals surface area (Å²) in [6.45, 7) is 2.47. The van der Waals surface area contributed by atoms with Gasteiger partial charge in [0, 0.05) is 21.8 Å². The van der Waals surface area contributed by atoms with Crippen molar-refractivity contribution in [1.82, 2.24) is 10.3 Å². The van der Waals surface area contributed by atoms with E-state index in [1.165, 1.54) is 4.88 Å². The van der Waals surface area contributed by atoms with Gasteiger partial charge < -0.3 is 11.1 Å². The van der Waals surface area contributed by atoms with Crippen LogP contribution in [0.4, 0.5) is 5.69 Å². The lowest BCUT2D eigenvalue weighted by atomic mass is 10.1. The number of hydrogen-bond acceptors (Lipinski definition) is 4. The SMILES string of the molecule is CCc1cnc(CNC(=O)c2cc(Cl)ccc2N)s1. The van der Waals surface area contributed by atoms with Gasteiger partial charge >= 0.3 is 0 Å². The van der Waals surface area contributed by atoms with Crippen LogP contribution in [0.25, 0.3) is 0 Å². The molecular weight excluding hydrogens is 282 g/mol. The van der Waals surface area contributed by atoms with Gasteiger partial charge in [0.1, 0.15) is 5.01 Å². The van der Waals surface area contributed by atoms with Gasteiger partial charge in [-0.25, -0.2) is 4.98 Å². The number of anilines is 1. The number of nitrogen functional groups attached to an aromatic ring is 1. The number of aryl methyl sites for hydroxylation is 1. The van der Waals surface area contributed by atoms with Crippen LogP contribution in [0.2, 0.25) is 5.02 Å². The highest BCUT2D eigenvalue weighted by Gasteiger charge is 2.11. The minimum atomic E-state index is -0.242. The average Bonchev–Trinajstić information content (AvgIpc) is 2.87. The summed E-state index contributed by atoms with van der Waals surface area (Å²) in [5.74, 6) is -0.242. The summed E-state index contributed by atoms with van der Waals surface area (Å²) in [4.78, 5) is 17.4. The largest absolute Gasteiger partial charge is 0.398 e. The minimum absolute atomic E-state index is 0.242. The molecule has 2 aromatic rings. The van der Waals surface area contributed by atoms with Crippen LogP contribution >= 0.6 is 22.9 Å². The monoisotopic (exact) mass is 295 g/mol. The molecule has 1 aromatic carbocycles. The summed E-state index contributed by atoms with van der Waals surface area (Å²) in [5.41, 5.74) is 6.55. The summed E-state index contributed by atoms with van der Waals surface area (Å²) in [7, 11) is 0. The Bertz CT molecular complexity index is 597. The van der Waals surface area contributed by atoms with Crippen LogP contribution in [0.15, 0.2) is 24.4 Å². The Balaban J connectivity index is 2.03. The molecule has 0 radical (unpaired) electrons. The van der Waals surface area contributed by atoms with Crippen LogP contribution < -0.4 is 11.1 Å². The Kier molecular flexibility index (Phi) is 4.39. The molecule has 6 heteroatoms. The van der Waals surface area contributed by atoms with Crippen molar-refractivity contribution in [3.05, 3.63) is 44.9 Å². The number of aromatic nitrogens is 1. The Morgan fingerprint density at radius 1 is 1.53 bits per heavy atom. The van der Waals surface area contributed by atoms with Gasteiger partial charge in [-0.3, -0.25) is 4.79 Å². The summed E-state index contributed by atoms with van der Waals surface area (Å²) in [6.07, 6.45) is 2.78. The molecule has 0 fully saturated rings. The van der Waals surface area contributed by atoms with Gasteiger partial charge in [0.2, 0.25) is 0 Å². The highest BCUT2D eigenvalue weighted by molar-refractivity contribution is 7.11. The maximum atomic E-state index is 12.0. The molecule has 19 heavy (non-hydrogen) atoms. The van der Waals surface area contributed by atoms with E-state index in [1.54, 1.807) is 29.5 Å².